The first-order chi connectivity index (χ1) is 13.2. The number of aryl methyl sites for hydroxylation is 2. The second kappa shape index (κ2) is 7.03. The van der Waals surface area contributed by atoms with Crippen LogP contribution in [0, 0.1) is 6.92 Å². The second-order valence-electron chi connectivity index (χ2n) is 6.30. The zero-order chi connectivity index (χ0) is 18.8. The van der Waals surface area contributed by atoms with Crippen molar-refractivity contribution < 1.29 is 4.79 Å². The number of fused-ring (bicyclic) bond motifs is 1. The molecule has 0 spiro atoms. The molecule has 7 nitrogen and oxygen atoms in total. The number of benzene rings is 1. The van der Waals surface area contributed by atoms with Gasteiger partial charge >= 0.3 is 0 Å². The van der Waals surface area contributed by atoms with Crippen molar-refractivity contribution in [2.45, 2.75) is 26.9 Å². The standard InChI is InChI=1S/C20H20N6O/c1-3-25-12-16(11-22-25)23-18(27)13-26-20-19(14(2)24-26)17(9-10-21-20)15-7-5-4-6-8-15/h4-12H,3,13H2,1-2H3,(H,23,27). The molecule has 1 N–H and O–H groups in total. The number of rotatable bonds is 5. The first-order valence-electron chi connectivity index (χ1n) is 8.85. The minimum atomic E-state index is -0.165. The van der Waals surface area contributed by atoms with Crippen molar-refractivity contribution >= 4 is 22.6 Å². The minimum Gasteiger partial charge on any atom is -0.322 e. The molecular formula is C20H20N6O. The Kier molecular flexibility index (Phi) is 4.42. The number of nitrogens with one attached hydrogen (secondary N) is 1. The van der Waals surface area contributed by atoms with Crippen molar-refractivity contribution in [2.75, 3.05) is 5.32 Å². The van der Waals surface area contributed by atoms with E-state index in [9.17, 15) is 4.79 Å². The molecule has 4 rings (SSSR count). The van der Waals surface area contributed by atoms with E-state index in [0.717, 1.165) is 28.8 Å². The number of pyridine rings is 1. The van der Waals surface area contributed by atoms with E-state index in [4.69, 9.17) is 0 Å². The molecule has 0 aliphatic carbocycles. The zero-order valence-corrected chi connectivity index (χ0v) is 15.3. The van der Waals surface area contributed by atoms with Gasteiger partial charge in [0.25, 0.3) is 0 Å². The topological polar surface area (TPSA) is 77.6 Å². The van der Waals surface area contributed by atoms with E-state index >= 15 is 0 Å². The maximum absolute atomic E-state index is 12.5. The van der Waals surface area contributed by atoms with Crippen molar-refractivity contribution in [3.63, 3.8) is 0 Å². The number of aromatic nitrogens is 5. The molecule has 0 unspecified atom stereocenters. The van der Waals surface area contributed by atoms with Gasteiger partial charge in [-0.1, -0.05) is 30.3 Å². The van der Waals surface area contributed by atoms with Gasteiger partial charge < -0.3 is 5.32 Å². The fraction of sp³-hybridized carbons (Fsp3) is 0.200. The van der Waals surface area contributed by atoms with Gasteiger partial charge in [0.15, 0.2) is 5.65 Å². The average molecular weight is 360 g/mol. The van der Waals surface area contributed by atoms with E-state index in [1.807, 2.05) is 38.1 Å². The zero-order valence-electron chi connectivity index (χ0n) is 15.3. The quantitative estimate of drug-likeness (QED) is 0.592. The number of carbonyl (C=O) groups excluding carboxylic acids is 1. The number of hydrogen-bond donors (Lipinski definition) is 1. The fourth-order valence-corrected chi connectivity index (χ4v) is 3.19. The predicted molar refractivity (Wildman–Crippen MR) is 104 cm³/mol. The highest BCUT2D eigenvalue weighted by molar-refractivity contribution is 5.96. The lowest BCUT2D eigenvalue weighted by atomic mass is 10.0. The Labute approximate surface area is 156 Å². The summed E-state index contributed by atoms with van der Waals surface area (Å²) in [4.78, 5) is 16.9. The third kappa shape index (κ3) is 3.31. The van der Waals surface area contributed by atoms with Gasteiger partial charge in [-0.05, 0) is 31.0 Å². The van der Waals surface area contributed by atoms with Crippen LogP contribution < -0.4 is 5.32 Å². The van der Waals surface area contributed by atoms with Gasteiger partial charge in [-0.15, -0.1) is 0 Å². The van der Waals surface area contributed by atoms with Crippen molar-refractivity contribution in [2.24, 2.45) is 0 Å². The molecule has 7 heteroatoms. The molecule has 4 aromatic rings. The normalized spacial score (nSPS) is 11.0. The Morgan fingerprint density at radius 1 is 1.19 bits per heavy atom. The van der Waals surface area contributed by atoms with Crippen LogP contribution in [0.1, 0.15) is 12.6 Å². The molecule has 0 aliphatic rings. The lowest BCUT2D eigenvalue weighted by Gasteiger charge is -2.05. The third-order valence-corrected chi connectivity index (χ3v) is 4.43. The van der Waals surface area contributed by atoms with Crippen molar-refractivity contribution in [1.82, 2.24) is 24.5 Å². The summed E-state index contributed by atoms with van der Waals surface area (Å²) in [5, 5.41) is 12.5. The van der Waals surface area contributed by atoms with Crippen molar-refractivity contribution in [3.05, 3.63) is 60.7 Å². The highest BCUT2D eigenvalue weighted by atomic mass is 16.2. The SMILES string of the molecule is CCn1cc(NC(=O)Cn2nc(C)c3c(-c4ccccc4)ccnc32)cn1. The summed E-state index contributed by atoms with van der Waals surface area (Å²) in [6, 6.07) is 12.1. The van der Waals surface area contributed by atoms with Crippen LogP contribution in [0.5, 0.6) is 0 Å². The van der Waals surface area contributed by atoms with E-state index in [0.29, 0.717) is 11.3 Å². The Morgan fingerprint density at radius 2 is 2.00 bits per heavy atom. The van der Waals surface area contributed by atoms with Crippen LogP contribution in [0.15, 0.2) is 55.0 Å². The molecule has 0 saturated carbocycles. The average Bonchev–Trinajstić information content (AvgIpc) is 3.27. The molecule has 3 aromatic heterocycles. The Morgan fingerprint density at radius 3 is 2.74 bits per heavy atom. The highest BCUT2D eigenvalue weighted by Crippen LogP contribution is 2.29. The van der Waals surface area contributed by atoms with E-state index in [1.165, 1.54) is 0 Å². The number of anilines is 1. The molecular weight excluding hydrogens is 340 g/mol. The van der Waals surface area contributed by atoms with Gasteiger partial charge in [0, 0.05) is 24.3 Å². The van der Waals surface area contributed by atoms with Crippen LogP contribution in [-0.2, 0) is 17.9 Å². The van der Waals surface area contributed by atoms with Crippen molar-refractivity contribution in [3.8, 4) is 11.1 Å². The minimum absolute atomic E-state index is 0.0902. The molecule has 0 atom stereocenters. The maximum Gasteiger partial charge on any atom is 0.246 e. The Hall–Kier alpha value is -3.48. The Balaban J connectivity index is 1.64. The van der Waals surface area contributed by atoms with Crippen molar-refractivity contribution in [1.29, 1.82) is 0 Å². The van der Waals surface area contributed by atoms with E-state index in [1.54, 1.807) is 28.0 Å². The molecule has 0 fully saturated rings. The Bertz CT molecular complexity index is 1100. The van der Waals surface area contributed by atoms with Gasteiger partial charge in [-0.2, -0.15) is 10.2 Å². The lowest BCUT2D eigenvalue weighted by Crippen LogP contribution is -2.19. The second-order valence-corrected chi connectivity index (χ2v) is 6.30. The fourth-order valence-electron chi connectivity index (χ4n) is 3.19. The molecule has 0 aliphatic heterocycles. The van der Waals surface area contributed by atoms with Gasteiger partial charge in [0.1, 0.15) is 6.54 Å². The molecule has 0 bridgehead atoms. The van der Waals surface area contributed by atoms with Crippen LogP contribution in [0.3, 0.4) is 0 Å². The van der Waals surface area contributed by atoms with Gasteiger partial charge in [0.2, 0.25) is 5.91 Å². The molecule has 0 saturated heterocycles. The van der Waals surface area contributed by atoms with Gasteiger partial charge in [-0.25, -0.2) is 9.67 Å². The summed E-state index contributed by atoms with van der Waals surface area (Å²) in [5.41, 5.74) is 4.39. The summed E-state index contributed by atoms with van der Waals surface area (Å²) in [5.74, 6) is -0.165. The van der Waals surface area contributed by atoms with Gasteiger partial charge in [0.05, 0.1) is 17.6 Å². The first-order valence-corrected chi connectivity index (χ1v) is 8.85. The number of carbonyl (C=O) groups is 1. The van der Waals surface area contributed by atoms with Gasteiger partial charge in [-0.3, -0.25) is 9.48 Å². The molecule has 3 heterocycles. The summed E-state index contributed by atoms with van der Waals surface area (Å²) < 4.78 is 3.41. The van der Waals surface area contributed by atoms with Crippen LogP contribution in [0.4, 0.5) is 5.69 Å². The maximum atomic E-state index is 12.5. The number of nitrogens with zero attached hydrogens (tertiary/aromatic N) is 5. The number of amides is 1. The third-order valence-electron chi connectivity index (χ3n) is 4.43. The molecule has 1 aromatic carbocycles. The number of hydrogen-bond acceptors (Lipinski definition) is 4. The van der Waals surface area contributed by atoms with Crippen LogP contribution in [0.2, 0.25) is 0 Å². The molecule has 27 heavy (non-hydrogen) atoms. The largest absolute Gasteiger partial charge is 0.322 e. The summed E-state index contributed by atoms with van der Waals surface area (Å²) >= 11 is 0. The van der Waals surface area contributed by atoms with E-state index in [-0.39, 0.29) is 12.5 Å². The van der Waals surface area contributed by atoms with Crippen LogP contribution in [-0.4, -0.2) is 30.5 Å². The van der Waals surface area contributed by atoms with Crippen LogP contribution >= 0.6 is 0 Å². The lowest BCUT2D eigenvalue weighted by molar-refractivity contribution is -0.116. The summed E-state index contributed by atoms with van der Waals surface area (Å²) in [7, 11) is 0. The summed E-state index contributed by atoms with van der Waals surface area (Å²) in [6.07, 6.45) is 5.20. The highest BCUT2D eigenvalue weighted by Gasteiger charge is 2.16. The molecule has 0 radical (unpaired) electrons. The van der Waals surface area contributed by atoms with Crippen LogP contribution in [0.25, 0.3) is 22.2 Å². The molecule has 1 amide bonds. The first kappa shape index (κ1) is 17.0. The van der Waals surface area contributed by atoms with E-state index in [2.05, 4.69) is 32.6 Å². The summed E-state index contributed by atoms with van der Waals surface area (Å²) in [6.45, 7) is 4.78. The predicted octanol–water partition coefficient (Wildman–Crippen LogP) is 3.26. The smallest absolute Gasteiger partial charge is 0.246 e. The van der Waals surface area contributed by atoms with E-state index < -0.39 is 0 Å². The monoisotopic (exact) mass is 360 g/mol. The molecule has 136 valence electrons.